The summed E-state index contributed by atoms with van der Waals surface area (Å²) in [7, 11) is 0. The number of carboxylic acid groups (broad SMARTS) is 4. The fraction of sp³-hybridized carbons (Fsp3) is 0.600. The Morgan fingerprint density at radius 2 is 0.808 bits per heavy atom. The molecule has 0 aromatic rings. The number of carboxylic acids is 4. The van der Waals surface area contributed by atoms with Crippen molar-refractivity contribution in [3.8, 4) is 0 Å². The Bertz CT molecular complexity index is 416. The summed E-state index contributed by atoms with van der Waals surface area (Å²) in [5.41, 5.74) is 0. The Morgan fingerprint density at radius 3 is 0.962 bits per heavy atom. The second kappa shape index (κ2) is 20.0. The van der Waals surface area contributed by atoms with Crippen molar-refractivity contribution in [2.45, 2.75) is 24.3 Å². The van der Waals surface area contributed by atoms with Gasteiger partial charge < -0.3 is 41.3 Å². The second-order valence-corrected chi connectivity index (χ2v) is 4.11. The number of aliphatic carboxylic acids is 4. The molecule has 16 heteroatoms. The molecule has 0 aliphatic carbocycles. The fourth-order valence-corrected chi connectivity index (χ4v) is 1.41. The van der Waals surface area contributed by atoms with E-state index in [1.54, 1.807) is 0 Å². The van der Waals surface area contributed by atoms with Crippen molar-refractivity contribution in [2.24, 2.45) is 0 Å². The molecule has 0 amide bonds. The Balaban J connectivity index is -0.000000367. The van der Waals surface area contributed by atoms with Crippen molar-refractivity contribution >= 4 is 142 Å². The van der Waals surface area contributed by atoms with Crippen LogP contribution < -0.4 is 10.6 Å². The Kier molecular flexibility index (Phi) is 29.5. The maximum atomic E-state index is 10.8. The molecule has 26 heavy (non-hydrogen) atoms. The molecule has 0 aromatic heterocycles. The average Bonchev–Trinajstić information content (AvgIpc) is 2.40. The molecule has 0 rings (SSSR count). The topological polar surface area (TPSA) is 214 Å². The molecule has 4 unspecified atom stereocenters. The normalized spacial score (nSPS) is 13.8. The van der Waals surface area contributed by atoms with Crippen LogP contribution >= 0.6 is 0 Å². The number of rotatable bonds is 11. The molecule has 134 valence electrons. The third kappa shape index (κ3) is 14.7. The summed E-state index contributed by atoms with van der Waals surface area (Å²) in [6.45, 7) is -0.616. The molecular weight excluding hydrogens is 400 g/mol. The fourth-order valence-electron chi connectivity index (χ4n) is 1.41. The number of carbonyl (C=O) groups is 4. The molecule has 0 heterocycles. The SMILES string of the molecule is O=C(O)C(O)C(NCCNC(C(=O)O)C(O)C(=O)O)C(=O)O.[NaH].[NaH].[NaH].[NaH]. The van der Waals surface area contributed by atoms with Gasteiger partial charge in [-0.05, 0) is 0 Å². The van der Waals surface area contributed by atoms with Gasteiger partial charge in [0.25, 0.3) is 0 Å². The third-order valence-electron chi connectivity index (χ3n) is 2.52. The molecule has 8 N–H and O–H groups in total. The van der Waals surface area contributed by atoms with Crippen molar-refractivity contribution in [3.05, 3.63) is 0 Å². The van der Waals surface area contributed by atoms with Gasteiger partial charge in [0.05, 0.1) is 0 Å². The summed E-state index contributed by atoms with van der Waals surface area (Å²) in [6.07, 6.45) is -4.45. The molecule has 0 radical (unpaired) electrons. The predicted octanol–water partition coefficient (Wildman–Crippen LogP) is -6.63. The van der Waals surface area contributed by atoms with E-state index in [0.29, 0.717) is 0 Å². The second-order valence-electron chi connectivity index (χ2n) is 4.11. The number of hydrogen-bond acceptors (Lipinski definition) is 8. The van der Waals surface area contributed by atoms with Gasteiger partial charge in [-0.2, -0.15) is 0 Å². The van der Waals surface area contributed by atoms with E-state index >= 15 is 0 Å². The van der Waals surface area contributed by atoms with Crippen LogP contribution in [0.25, 0.3) is 0 Å². The molecule has 0 spiro atoms. The summed E-state index contributed by atoms with van der Waals surface area (Å²) < 4.78 is 0. The van der Waals surface area contributed by atoms with Gasteiger partial charge in [0.15, 0.2) is 12.2 Å². The number of aliphatic hydroxyl groups is 2. The molecule has 12 nitrogen and oxygen atoms in total. The zero-order valence-electron chi connectivity index (χ0n) is 11.0. The molecule has 0 saturated heterocycles. The van der Waals surface area contributed by atoms with Crippen LogP contribution in [0, 0.1) is 0 Å². The van der Waals surface area contributed by atoms with Gasteiger partial charge in [0.2, 0.25) is 0 Å². The minimum absolute atomic E-state index is 0. The summed E-state index contributed by atoms with van der Waals surface area (Å²) in [4.78, 5) is 42.5. The van der Waals surface area contributed by atoms with Crippen LogP contribution in [-0.2, 0) is 19.2 Å². The van der Waals surface area contributed by atoms with Crippen LogP contribution in [0.5, 0.6) is 0 Å². The summed E-state index contributed by atoms with van der Waals surface area (Å²) in [6, 6.07) is -3.68. The average molecular weight is 420 g/mol. The van der Waals surface area contributed by atoms with Crippen LogP contribution in [0.1, 0.15) is 0 Å². The first kappa shape index (κ1) is 38.3. The van der Waals surface area contributed by atoms with Crippen LogP contribution in [0.2, 0.25) is 0 Å². The number of hydrogen-bond donors (Lipinski definition) is 8. The van der Waals surface area contributed by atoms with Crippen LogP contribution in [0.4, 0.5) is 0 Å². The first-order valence-corrected chi connectivity index (χ1v) is 5.83. The summed E-state index contributed by atoms with van der Waals surface area (Å²) in [5, 5.41) is 57.1. The van der Waals surface area contributed by atoms with Gasteiger partial charge in [-0.1, -0.05) is 0 Å². The minimum atomic E-state index is -2.22. The first-order chi connectivity index (χ1) is 10.1. The van der Waals surface area contributed by atoms with E-state index in [-0.39, 0.29) is 131 Å². The monoisotopic (exact) mass is 420 g/mol. The van der Waals surface area contributed by atoms with Gasteiger partial charge in [-0.25, -0.2) is 9.59 Å². The van der Waals surface area contributed by atoms with E-state index < -0.39 is 48.2 Å². The first-order valence-electron chi connectivity index (χ1n) is 5.83. The Morgan fingerprint density at radius 1 is 0.577 bits per heavy atom. The van der Waals surface area contributed by atoms with Crippen molar-refractivity contribution in [2.75, 3.05) is 13.1 Å². The maximum absolute atomic E-state index is 10.8. The molecule has 0 aliphatic rings. The molecule has 0 aliphatic heterocycles. The van der Waals surface area contributed by atoms with Gasteiger partial charge in [0, 0.05) is 13.1 Å². The number of aliphatic hydroxyl groups excluding tert-OH is 2. The van der Waals surface area contributed by atoms with E-state index in [9.17, 15) is 19.2 Å². The zero-order valence-corrected chi connectivity index (χ0v) is 11.0. The predicted molar refractivity (Wildman–Crippen MR) is 94.7 cm³/mol. The van der Waals surface area contributed by atoms with Gasteiger partial charge in [-0.3, -0.25) is 9.59 Å². The summed E-state index contributed by atoms with van der Waals surface area (Å²) >= 11 is 0. The quantitative estimate of drug-likeness (QED) is 0.116. The number of nitrogens with one attached hydrogen (secondary N) is 2. The molecule has 4 atom stereocenters. The molecule has 0 bridgehead atoms. The van der Waals surface area contributed by atoms with E-state index in [1.165, 1.54) is 0 Å². The van der Waals surface area contributed by atoms with Gasteiger partial charge in [-0.15, -0.1) is 0 Å². The van der Waals surface area contributed by atoms with Crippen molar-refractivity contribution in [1.82, 2.24) is 10.6 Å². The zero-order chi connectivity index (χ0) is 17.4. The van der Waals surface area contributed by atoms with E-state index in [4.69, 9.17) is 30.6 Å². The molecule has 0 aromatic carbocycles. The molecule has 0 saturated carbocycles. The van der Waals surface area contributed by atoms with Gasteiger partial charge >= 0.3 is 142 Å². The Hall–Kier alpha value is 1.72. The molecular formula is C10H20N2Na4O10. The van der Waals surface area contributed by atoms with Crippen LogP contribution in [-0.4, -0.2) is 210 Å². The Labute approximate surface area is 236 Å². The van der Waals surface area contributed by atoms with Gasteiger partial charge in [0.1, 0.15) is 12.1 Å². The third-order valence-corrected chi connectivity index (χ3v) is 2.52. The van der Waals surface area contributed by atoms with Crippen molar-refractivity contribution < 1.29 is 49.8 Å². The van der Waals surface area contributed by atoms with Crippen molar-refractivity contribution in [1.29, 1.82) is 0 Å². The van der Waals surface area contributed by atoms with Crippen molar-refractivity contribution in [3.63, 3.8) is 0 Å². The van der Waals surface area contributed by atoms with Crippen LogP contribution in [0.15, 0.2) is 0 Å². The van der Waals surface area contributed by atoms with E-state index in [1.807, 2.05) is 0 Å². The molecule has 0 fully saturated rings. The van der Waals surface area contributed by atoms with E-state index in [0.717, 1.165) is 0 Å². The standard InChI is InChI=1S/C10H16N2O10.4Na.4H/c13-5(9(19)20)3(7(15)16)11-1-2-12-4(8(17)18)6(14)10(21)22;;;;;;;;/h3-6,11-14H,1-2H2,(H,15,16)(H,17,18)(H,19,20)(H,21,22);;;;;;;;. The van der Waals surface area contributed by atoms with E-state index in [2.05, 4.69) is 10.6 Å². The summed E-state index contributed by atoms with van der Waals surface area (Å²) in [5.74, 6) is -6.82. The van der Waals surface area contributed by atoms with Crippen LogP contribution in [0.3, 0.4) is 0 Å².